The summed E-state index contributed by atoms with van der Waals surface area (Å²) in [6, 6.07) is 5.33. The summed E-state index contributed by atoms with van der Waals surface area (Å²) in [5.41, 5.74) is 0. The third-order valence-electron chi connectivity index (χ3n) is 1.62. The van der Waals surface area contributed by atoms with Gasteiger partial charge < -0.3 is 5.32 Å². The van der Waals surface area contributed by atoms with Crippen molar-refractivity contribution in [3.63, 3.8) is 0 Å². The van der Waals surface area contributed by atoms with Gasteiger partial charge in [0.15, 0.2) is 9.34 Å². The fraction of sp³-hybridized carbons (Fsp3) is 0. The predicted molar refractivity (Wildman–Crippen MR) is 62.7 cm³/mol. The number of halogens is 1. The lowest BCUT2D eigenvalue weighted by atomic mass is 10.5. The minimum absolute atomic E-state index is 0.00703. The number of hydrogen-bond acceptors (Lipinski definition) is 6. The molecule has 0 fully saturated rings. The van der Waals surface area contributed by atoms with Gasteiger partial charge in [-0.15, -0.1) is 0 Å². The normalized spacial score (nSPS) is 11.3. The molecule has 0 radical (unpaired) electrons. The topological polar surface area (TPSA) is 72.0 Å². The second kappa shape index (κ2) is 4.36. The summed E-state index contributed by atoms with van der Waals surface area (Å²) >= 11 is 0.953. The fourth-order valence-corrected chi connectivity index (χ4v) is 2.75. The summed E-state index contributed by atoms with van der Waals surface area (Å²) in [6.07, 6.45) is 2.83. The van der Waals surface area contributed by atoms with Crippen LogP contribution in [0, 0.1) is 0 Å². The number of nitrogens with one attached hydrogen (secondary N) is 1. The molecule has 2 aromatic rings. The van der Waals surface area contributed by atoms with Crippen molar-refractivity contribution in [1.29, 1.82) is 0 Å². The standard InChI is InChI=1S/C8H6ClN3O2S2/c9-16(13,14)7-5-11-8(15-7)12-6-3-1-2-4-10-6/h1-5H,(H,10,11,12). The number of hydrogen-bond donors (Lipinski definition) is 1. The first kappa shape index (κ1) is 11.3. The van der Waals surface area contributed by atoms with Crippen molar-refractivity contribution in [1.82, 2.24) is 9.97 Å². The van der Waals surface area contributed by atoms with Gasteiger partial charge in [-0.25, -0.2) is 18.4 Å². The van der Waals surface area contributed by atoms with E-state index in [9.17, 15) is 8.42 Å². The molecule has 0 spiro atoms. The molecular weight excluding hydrogens is 270 g/mol. The van der Waals surface area contributed by atoms with Crippen LogP contribution in [0.3, 0.4) is 0 Å². The highest BCUT2D eigenvalue weighted by molar-refractivity contribution is 8.15. The van der Waals surface area contributed by atoms with Crippen LogP contribution in [0.2, 0.25) is 0 Å². The molecule has 2 rings (SSSR count). The fourth-order valence-electron chi connectivity index (χ4n) is 0.976. The maximum absolute atomic E-state index is 11.0. The Labute approximate surface area is 101 Å². The summed E-state index contributed by atoms with van der Waals surface area (Å²) in [5, 5.41) is 3.30. The van der Waals surface area contributed by atoms with Gasteiger partial charge in [-0.3, -0.25) is 0 Å². The lowest BCUT2D eigenvalue weighted by molar-refractivity contribution is 0.611. The number of pyridine rings is 1. The average molecular weight is 276 g/mol. The molecule has 0 saturated carbocycles. The Morgan fingerprint density at radius 3 is 2.69 bits per heavy atom. The van der Waals surface area contributed by atoms with E-state index in [0.717, 1.165) is 11.3 Å². The zero-order valence-electron chi connectivity index (χ0n) is 7.79. The maximum atomic E-state index is 11.0. The molecule has 2 heterocycles. The van der Waals surface area contributed by atoms with Crippen LogP contribution in [0.15, 0.2) is 34.8 Å². The molecule has 5 nitrogen and oxygen atoms in total. The van der Waals surface area contributed by atoms with Crippen LogP contribution in [0.1, 0.15) is 0 Å². The molecule has 1 N–H and O–H groups in total. The minimum Gasteiger partial charge on any atom is -0.316 e. The van der Waals surface area contributed by atoms with Gasteiger partial charge in [0.2, 0.25) is 0 Å². The molecule has 0 saturated heterocycles. The number of anilines is 2. The highest BCUT2D eigenvalue weighted by atomic mass is 35.7. The Morgan fingerprint density at radius 2 is 2.12 bits per heavy atom. The third-order valence-corrected chi connectivity index (χ3v) is 4.60. The van der Waals surface area contributed by atoms with E-state index in [1.807, 2.05) is 6.07 Å². The van der Waals surface area contributed by atoms with E-state index in [1.54, 1.807) is 18.3 Å². The van der Waals surface area contributed by atoms with Gasteiger partial charge in [0.05, 0.1) is 6.20 Å². The van der Waals surface area contributed by atoms with E-state index >= 15 is 0 Å². The lowest BCUT2D eigenvalue weighted by Crippen LogP contribution is -1.90. The molecule has 84 valence electrons. The molecule has 2 aromatic heterocycles. The Morgan fingerprint density at radius 1 is 1.31 bits per heavy atom. The van der Waals surface area contributed by atoms with Crippen molar-refractivity contribution >= 4 is 42.0 Å². The van der Waals surface area contributed by atoms with Gasteiger partial charge in [0.25, 0.3) is 9.05 Å². The summed E-state index contributed by atoms with van der Waals surface area (Å²) in [7, 11) is 1.47. The van der Waals surface area contributed by atoms with Crippen molar-refractivity contribution < 1.29 is 8.42 Å². The average Bonchev–Trinajstić information content (AvgIpc) is 2.67. The maximum Gasteiger partial charge on any atom is 0.272 e. The van der Waals surface area contributed by atoms with Gasteiger partial charge >= 0.3 is 0 Å². The first-order valence-electron chi connectivity index (χ1n) is 4.14. The summed E-state index contributed by atoms with van der Waals surface area (Å²) in [4.78, 5) is 7.90. The molecule has 16 heavy (non-hydrogen) atoms. The molecule has 0 aromatic carbocycles. The van der Waals surface area contributed by atoms with Crippen molar-refractivity contribution in [3.05, 3.63) is 30.6 Å². The molecule has 0 unspecified atom stereocenters. The van der Waals surface area contributed by atoms with E-state index in [4.69, 9.17) is 10.7 Å². The van der Waals surface area contributed by atoms with Gasteiger partial charge in [-0.05, 0) is 12.1 Å². The van der Waals surface area contributed by atoms with E-state index in [-0.39, 0.29) is 4.21 Å². The van der Waals surface area contributed by atoms with Crippen LogP contribution in [0.4, 0.5) is 10.9 Å². The second-order valence-corrected chi connectivity index (χ2v) is 6.59. The van der Waals surface area contributed by atoms with Gasteiger partial charge in [0, 0.05) is 16.9 Å². The summed E-state index contributed by atoms with van der Waals surface area (Å²) in [6.45, 7) is 0. The molecule has 0 aliphatic rings. The Kier molecular flexibility index (Phi) is 3.08. The highest BCUT2D eigenvalue weighted by Gasteiger charge is 2.14. The summed E-state index contributed by atoms with van der Waals surface area (Å²) < 4.78 is 22.0. The summed E-state index contributed by atoms with van der Waals surface area (Å²) in [5.74, 6) is 0.593. The van der Waals surface area contributed by atoms with Gasteiger partial charge in [0.1, 0.15) is 5.82 Å². The van der Waals surface area contributed by atoms with Crippen molar-refractivity contribution in [3.8, 4) is 0 Å². The van der Waals surface area contributed by atoms with Crippen molar-refractivity contribution in [2.24, 2.45) is 0 Å². The molecule has 0 amide bonds. The number of thiazole rings is 1. The SMILES string of the molecule is O=S(=O)(Cl)c1cnc(Nc2ccccn2)s1. The molecule has 0 atom stereocenters. The Balaban J connectivity index is 2.22. The zero-order valence-corrected chi connectivity index (χ0v) is 10.2. The zero-order chi connectivity index (χ0) is 11.6. The van der Waals surface area contributed by atoms with E-state index in [0.29, 0.717) is 10.9 Å². The number of aromatic nitrogens is 2. The number of nitrogens with zero attached hydrogens (tertiary/aromatic N) is 2. The monoisotopic (exact) mass is 275 g/mol. The third kappa shape index (κ3) is 2.69. The largest absolute Gasteiger partial charge is 0.316 e. The van der Waals surface area contributed by atoms with Crippen molar-refractivity contribution in [2.75, 3.05) is 5.32 Å². The highest BCUT2D eigenvalue weighted by Crippen LogP contribution is 2.27. The van der Waals surface area contributed by atoms with E-state index in [2.05, 4.69) is 15.3 Å². The van der Waals surface area contributed by atoms with E-state index in [1.165, 1.54) is 6.20 Å². The van der Waals surface area contributed by atoms with Crippen LogP contribution in [0.5, 0.6) is 0 Å². The number of rotatable bonds is 3. The first-order valence-corrected chi connectivity index (χ1v) is 7.27. The van der Waals surface area contributed by atoms with Gasteiger partial charge in [-0.2, -0.15) is 0 Å². The van der Waals surface area contributed by atoms with Crippen LogP contribution in [-0.2, 0) is 9.05 Å². The predicted octanol–water partition coefficient (Wildman–Crippen LogP) is 2.21. The first-order chi connectivity index (χ1) is 7.55. The van der Waals surface area contributed by atoms with Gasteiger partial charge in [-0.1, -0.05) is 17.4 Å². The lowest BCUT2D eigenvalue weighted by Gasteiger charge is -1.98. The van der Waals surface area contributed by atoms with Crippen LogP contribution in [0.25, 0.3) is 0 Å². The van der Waals surface area contributed by atoms with Crippen LogP contribution < -0.4 is 5.32 Å². The molecule has 8 heteroatoms. The quantitative estimate of drug-likeness (QED) is 0.870. The molecular formula is C8H6ClN3O2S2. The van der Waals surface area contributed by atoms with Crippen LogP contribution in [-0.4, -0.2) is 18.4 Å². The molecule has 0 aliphatic carbocycles. The Bertz CT molecular complexity index is 582. The molecule has 0 aliphatic heterocycles. The van der Waals surface area contributed by atoms with Crippen LogP contribution >= 0.6 is 22.0 Å². The Hall–Kier alpha value is -1.18. The second-order valence-electron chi connectivity index (χ2n) is 2.76. The molecule has 0 bridgehead atoms. The van der Waals surface area contributed by atoms with Crippen molar-refractivity contribution in [2.45, 2.75) is 4.21 Å². The van der Waals surface area contributed by atoms with E-state index < -0.39 is 9.05 Å². The smallest absolute Gasteiger partial charge is 0.272 e. The minimum atomic E-state index is -3.71.